The van der Waals surface area contributed by atoms with E-state index in [2.05, 4.69) is 25.9 Å². The van der Waals surface area contributed by atoms with Crippen molar-refractivity contribution < 1.29 is 0 Å². The number of nitrogens with zero attached hydrogens (tertiary/aromatic N) is 2. The summed E-state index contributed by atoms with van der Waals surface area (Å²) in [5.41, 5.74) is 1.06. The van der Waals surface area contributed by atoms with E-state index in [0.717, 1.165) is 10.2 Å². The van der Waals surface area contributed by atoms with E-state index in [9.17, 15) is 0 Å². The molecule has 0 atom stereocenters. The van der Waals surface area contributed by atoms with Crippen molar-refractivity contribution in [1.29, 1.82) is 0 Å². The second kappa shape index (κ2) is 3.95. The second-order valence-electron chi connectivity index (χ2n) is 1.50. The number of hydrogen-bond donors (Lipinski definition) is 0. The molecular formula is C5H6Br2N2. The van der Waals surface area contributed by atoms with Crippen LogP contribution in [0.1, 0.15) is 5.56 Å². The fraction of sp³-hybridized carbons (Fsp3) is 0.200. The Labute approximate surface area is 72.6 Å². The molecule has 0 aliphatic rings. The summed E-state index contributed by atoms with van der Waals surface area (Å²) in [6, 6.07) is 0. The zero-order valence-corrected chi connectivity index (χ0v) is 8.13. The van der Waals surface area contributed by atoms with Crippen LogP contribution in [0.2, 0.25) is 0 Å². The van der Waals surface area contributed by atoms with Gasteiger partial charge in [-0.05, 0) is 22.9 Å². The molecule has 1 aromatic rings. The fourth-order valence-corrected chi connectivity index (χ4v) is 0.578. The van der Waals surface area contributed by atoms with Gasteiger partial charge in [-0.15, -0.1) is 17.0 Å². The van der Waals surface area contributed by atoms with Gasteiger partial charge >= 0.3 is 0 Å². The third-order valence-corrected chi connectivity index (χ3v) is 1.66. The number of aryl methyl sites for hydroxylation is 1. The zero-order valence-electron chi connectivity index (χ0n) is 4.84. The van der Waals surface area contributed by atoms with Crippen LogP contribution in [0, 0.1) is 6.92 Å². The minimum absolute atomic E-state index is 0. The molecule has 2 nitrogen and oxygen atoms in total. The molecule has 0 saturated heterocycles. The Morgan fingerprint density at radius 3 is 2.56 bits per heavy atom. The average Bonchev–Trinajstić information content (AvgIpc) is 1.77. The predicted molar refractivity (Wildman–Crippen MR) is 44.8 cm³/mol. The van der Waals surface area contributed by atoms with Gasteiger partial charge in [-0.25, -0.2) is 9.97 Å². The van der Waals surface area contributed by atoms with Gasteiger partial charge in [-0.1, -0.05) is 0 Å². The Kier molecular flexibility index (Phi) is 3.97. The van der Waals surface area contributed by atoms with E-state index in [-0.39, 0.29) is 17.0 Å². The first-order valence-corrected chi connectivity index (χ1v) is 3.02. The maximum atomic E-state index is 3.88. The fourth-order valence-electron chi connectivity index (χ4n) is 0.384. The van der Waals surface area contributed by atoms with Crippen molar-refractivity contribution in [1.82, 2.24) is 9.97 Å². The first-order valence-electron chi connectivity index (χ1n) is 2.23. The highest BCUT2D eigenvalue weighted by Crippen LogP contribution is 2.07. The summed E-state index contributed by atoms with van der Waals surface area (Å²) in [6.45, 7) is 1.95. The third kappa shape index (κ3) is 2.41. The predicted octanol–water partition coefficient (Wildman–Crippen LogP) is 2.13. The van der Waals surface area contributed by atoms with Gasteiger partial charge in [0.1, 0.15) is 10.9 Å². The molecule has 9 heavy (non-hydrogen) atoms. The van der Waals surface area contributed by atoms with Crippen LogP contribution in [0.25, 0.3) is 0 Å². The van der Waals surface area contributed by atoms with Gasteiger partial charge in [0.2, 0.25) is 0 Å². The smallest absolute Gasteiger partial charge is 0.116 e. The second-order valence-corrected chi connectivity index (χ2v) is 2.25. The zero-order chi connectivity index (χ0) is 5.98. The topological polar surface area (TPSA) is 25.8 Å². The number of rotatable bonds is 0. The highest BCUT2D eigenvalue weighted by atomic mass is 79.9. The Balaban J connectivity index is 0.000000640. The first-order chi connectivity index (χ1) is 3.80. The lowest BCUT2D eigenvalue weighted by atomic mass is 10.4. The summed E-state index contributed by atoms with van der Waals surface area (Å²) >= 11 is 3.24. The van der Waals surface area contributed by atoms with Crippen molar-refractivity contribution in [2.75, 3.05) is 0 Å². The van der Waals surface area contributed by atoms with E-state index in [1.165, 1.54) is 6.33 Å². The summed E-state index contributed by atoms with van der Waals surface area (Å²) in [5.74, 6) is 0. The Morgan fingerprint density at radius 1 is 1.56 bits per heavy atom. The van der Waals surface area contributed by atoms with Crippen molar-refractivity contribution in [2.24, 2.45) is 0 Å². The molecule has 0 aromatic carbocycles. The van der Waals surface area contributed by atoms with Gasteiger partial charge in [0.15, 0.2) is 0 Å². The molecule has 1 aromatic heterocycles. The number of halogens is 2. The van der Waals surface area contributed by atoms with Crippen molar-refractivity contribution >= 4 is 32.9 Å². The first kappa shape index (κ1) is 9.04. The normalized spacial score (nSPS) is 8.22. The van der Waals surface area contributed by atoms with E-state index in [1.807, 2.05) is 6.92 Å². The molecular weight excluding hydrogens is 248 g/mol. The lowest BCUT2D eigenvalue weighted by molar-refractivity contribution is 1.10. The SMILES string of the molecule is Br.Cc1cncnc1Br. The van der Waals surface area contributed by atoms with Gasteiger partial charge < -0.3 is 0 Å². The van der Waals surface area contributed by atoms with Crippen LogP contribution in [0.4, 0.5) is 0 Å². The highest BCUT2D eigenvalue weighted by molar-refractivity contribution is 9.10. The molecule has 4 heteroatoms. The quantitative estimate of drug-likeness (QED) is 0.662. The Morgan fingerprint density at radius 2 is 2.22 bits per heavy atom. The molecule has 0 spiro atoms. The standard InChI is InChI=1S/C5H5BrN2.BrH/c1-4-2-7-3-8-5(4)6;/h2-3H,1H3;1H. The van der Waals surface area contributed by atoms with Crippen molar-refractivity contribution in [2.45, 2.75) is 6.92 Å². The van der Waals surface area contributed by atoms with Crippen LogP contribution in [-0.4, -0.2) is 9.97 Å². The van der Waals surface area contributed by atoms with E-state index in [0.29, 0.717) is 0 Å². The van der Waals surface area contributed by atoms with Crippen LogP contribution in [0.15, 0.2) is 17.1 Å². The number of aromatic nitrogens is 2. The van der Waals surface area contributed by atoms with Crippen LogP contribution >= 0.6 is 32.9 Å². The van der Waals surface area contributed by atoms with E-state index in [1.54, 1.807) is 6.20 Å². The highest BCUT2D eigenvalue weighted by Gasteiger charge is 1.88. The molecule has 0 unspecified atom stereocenters. The van der Waals surface area contributed by atoms with Gasteiger partial charge in [0.25, 0.3) is 0 Å². The van der Waals surface area contributed by atoms with E-state index < -0.39 is 0 Å². The largest absolute Gasteiger partial charge is 0.244 e. The Hall–Kier alpha value is 0.0400. The third-order valence-electron chi connectivity index (χ3n) is 0.831. The molecule has 1 heterocycles. The summed E-state index contributed by atoms with van der Waals surface area (Å²) < 4.78 is 0.868. The Bertz CT molecular complexity index is 169. The summed E-state index contributed by atoms with van der Waals surface area (Å²) in [5, 5.41) is 0. The van der Waals surface area contributed by atoms with Crippen LogP contribution in [0.5, 0.6) is 0 Å². The molecule has 0 saturated carbocycles. The summed E-state index contributed by atoms with van der Waals surface area (Å²) in [6.07, 6.45) is 3.27. The van der Waals surface area contributed by atoms with Gasteiger partial charge in [0, 0.05) is 11.8 Å². The average molecular weight is 254 g/mol. The minimum atomic E-state index is 0. The number of hydrogen-bond acceptors (Lipinski definition) is 2. The van der Waals surface area contributed by atoms with Gasteiger partial charge in [0.05, 0.1) is 0 Å². The lowest BCUT2D eigenvalue weighted by Crippen LogP contribution is -1.80. The lowest BCUT2D eigenvalue weighted by Gasteiger charge is -1.89. The molecule has 1 rings (SSSR count). The van der Waals surface area contributed by atoms with Crippen molar-refractivity contribution in [3.8, 4) is 0 Å². The maximum Gasteiger partial charge on any atom is 0.116 e. The summed E-state index contributed by atoms with van der Waals surface area (Å²) in [7, 11) is 0. The van der Waals surface area contributed by atoms with Crippen LogP contribution in [-0.2, 0) is 0 Å². The van der Waals surface area contributed by atoms with Crippen molar-refractivity contribution in [3.05, 3.63) is 22.7 Å². The molecule has 0 fully saturated rings. The molecule has 0 aliphatic carbocycles. The molecule has 0 aliphatic heterocycles. The van der Waals surface area contributed by atoms with E-state index >= 15 is 0 Å². The van der Waals surface area contributed by atoms with Crippen LogP contribution in [0.3, 0.4) is 0 Å². The van der Waals surface area contributed by atoms with E-state index in [4.69, 9.17) is 0 Å². The molecule has 50 valence electrons. The molecule has 0 N–H and O–H groups in total. The summed E-state index contributed by atoms with van der Waals surface area (Å²) in [4.78, 5) is 7.69. The van der Waals surface area contributed by atoms with Crippen molar-refractivity contribution in [3.63, 3.8) is 0 Å². The maximum absolute atomic E-state index is 3.88. The van der Waals surface area contributed by atoms with Gasteiger partial charge in [-0.2, -0.15) is 0 Å². The monoisotopic (exact) mass is 252 g/mol. The molecule has 0 amide bonds. The van der Waals surface area contributed by atoms with Crippen LogP contribution < -0.4 is 0 Å². The molecule has 0 bridgehead atoms. The van der Waals surface area contributed by atoms with Gasteiger partial charge in [-0.3, -0.25) is 0 Å². The minimum Gasteiger partial charge on any atom is -0.244 e. The molecule has 0 radical (unpaired) electrons.